The summed E-state index contributed by atoms with van der Waals surface area (Å²) >= 11 is 0. The molecule has 0 bridgehead atoms. The maximum Gasteiger partial charge on any atom is 0.318 e. The van der Waals surface area contributed by atoms with E-state index in [0.717, 1.165) is 5.69 Å². The van der Waals surface area contributed by atoms with Crippen LogP contribution in [0, 0.1) is 5.82 Å². The van der Waals surface area contributed by atoms with Crippen LogP contribution in [-0.2, 0) is 4.79 Å². The molecule has 1 heterocycles. The molecule has 2 N–H and O–H groups in total. The van der Waals surface area contributed by atoms with Crippen molar-refractivity contribution in [2.75, 3.05) is 43.5 Å². The summed E-state index contributed by atoms with van der Waals surface area (Å²) in [5.41, 5.74) is 1.53. The van der Waals surface area contributed by atoms with Crippen LogP contribution in [0.25, 0.3) is 0 Å². The van der Waals surface area contributed by atoms with Crippen molar-refractivity contribution in [2.45, 2.75) is 13.0 Å². The number of piperazine rings is 1. The number of urea groups is 1. The maximum atomic E-state index is 13.1. The van der Waals surface area contributed by atoms with Gasteiger partial charge in [-0.2, -0.15) is 0 Å². The van der Waals surface area contributed by atoms with Crippen molar-refractivity contribution in [1.29, 1.82) is 0 Å². The van der Waals surface area contributed by atoms with Gasteiger partial charge >= 0.3 is 6.03 Å². The lowest BCUT2D eigenvalue weighted by molar-refractivity contribution is -0.117. The van der Waals surface area contributed by atoms with Crippen molar-refractivity contribution in [1.82, 2.24) is 10.2 Å². The first-order chi connectivity index (χ1) is 14.0. The standard InChI is InChI=1S/C21H25FN4O3/c1-15(20(27)24-17-4-3-5-19(14-17)29-2)23-21(28)26-12-10-25(11-13-26)18-8-6-16(22)7-9-18/h3-9,14-15H,10-13H2,1-2H3,(H,23,28)(H,24,27)/t15-/m1/s1. The SMILES string of the molecule is COc1cccc(NC(=O)[C@@H](C)NC(=O)N2CCN(c3ccc(F)cc3)CC2)c1. The number of hydrogen-bond acceptors (Lipinski definition) is 4. The summed E-state index contributed by atoms with van der Waals surface area (Å²) in [5, 5.41) is 5.50. The van der Waals surface area contributed by atoms with Gasteiger partial charge in [0.15, 0.2) is 0 Å². The molecule has 3 amide bonds. The van der Waals surface area contributed by atoms with E-state index in [9.17, 15) is 14.0 Å². The number of methoxy groups -OCH3 is 1. The van der Waals surface area contributed by atoms with Crippen LogP contribution in [0.2, 0.25) is 0 Å². The molecule has 0 aromatic heterocycles. The highest BCUT2D eigenvalue weighted by Crippen LogP contribution is 2.18. The van der Waals surface area contributed by atoms with Crippen molar-refractivity contribution < 1.29 is 18.7 Å². The minimum absolute atomic E-state index is 0.270. The molecule has 0 saturated carbocycles. The van der Waals surface area contributed by atoms with E-state index in [1.165, 1.54) is 12.1 Å². The average molecular weight is 400 g/mol. The predicted molar refractivity (Wildman–Crippen MR) is 110 cm³/mol. The summed E-state index contributed by atoms with van der Waals surface area (Å²) in [6.45, 7) is 3.97. The van der Waals surface area contributed by atoms with Crippen LogP contribution in [0.15, 0.2) is 48.5 Å². The van der Waals surface area contributed by atoms with E-state index < -0.39 is 6.04 Å². The van der Waals surface area contributed by atoms with Crippen LogP contribution in [0.3, 0.4) is 0 Å². The summed E-state index contributed by atoms with van der Waals surface area (Å²) in [4.78, 5) is 28.6. The fourth-order valence-corrected chi connectivity index (χ4v) is 3.11. The third kappa shape index (κ3) is 5.37. The molecule has 1 saturated heterocycles. The number of nitrogens with zero attached hydrogens (tertiary/aromatic N) is 2. The minimum atomic E-state index is -0.691. The van der Waals surface area contributed by atoms with E-state index in [-0.39, 0.29) is 17.8 Å². The molecule has 7 nitrogen and oxygen atoms in total. The van der Waals surface area contributed by atoms with Gasteiger partial charge in [0.1, 0.15) is 17.6 Å². The Morgan fingerprint density at radius 3 is 2.41 bits per heavy atom. The highest BCUT2D eigenvalue weighted by atomic mass is 19.1. The fourth-order valence-electron chi connectivity index (χ4n) is 3.11. The number of amides is 3. The normalized spacial score (nSPS) is 14.9. The Morgan fingerprint density at radius 1 is 1.07 bits per heavy atom. The summed E-state index contributed by atoms with van der Waals surface area (Å²) in [5.74, 6) is 0.0584. The third-order valence-electron chi connectivity index (χ3n) is 4.83. The van der Waals surface area contributed by atoms with Gasteiger partial charge in [0.25, 0.3) is 0 Å². The van der Waals surface area contributed by atoms with E-state index in [0.29, 0.717) is 37.6 Å². The van der Waals surface area contributed by atoms with Gasteiger partial charge in [0.05, 0.1) is 7.11 Å². The highest BCUT2D eigenvalue weighted by molar-refractivity contribution is 5.96. The van der Waals surface area contributed by atoms with Crippen LogP contribution in [-0.4, -0.2) is 56.2 Å². The topological polar surface area (TPSA) is 73.9 Å². The lowest BCUT2D eigenvalue weighted by Crippen LogP contribution is -2.54. The molecule has 0 spiro atoms. The molecule has 1 aliphatic rings. The Balaban J connectivity index is 1.48. The second-order valence-electron chi connectivity index (χ2n) is 6.84. The molecule has 0 unspecified atom stereocenters. The number of rotatable bonds is 5. The first-order valence-corrected chi connectivity index (χ1v) is 9.47. The second kappa shape index (κ2) is 9.27. The Hall–Kier alpha value is -3.29. The number of ether oxygens (including phenoxy) is 1. The summed E-state index contributed by atoms with van der Waals surface area (Å²) in [6, 6.07) is 12.4. The maximum absolute atomic E-state index is 13.1. The Morgan fingerprint density at radius 2 is 1.76 bits per heavy atom. The number of hydrogen-bond donors (Lipinski definition) is 2. The monoisotopic (exact) mass is 400 g/mol. The molecular weight excluding hydrogens is 375 g/mol. The van der Waals surface area contributed by atoms with Crippen molar-refractivity contribution in [3.8, 4) is 5.75 Å². The van der Waals surface area contributed by atoms with E-state index in [4.69, 9.17) is 4.74 Å². The summed E-state index contributed by atoms with van der Waals surface area (Å²) < 4.78 is 18.2. The molecule has 2 aromatic rings. The molecule has 8 heteroatoms. The fraction of sp³-hybridized carbons (Fsp3) is 0.333. The number of carbonyl (C=O) groups excluding carboxylic acids is 2. The number of nitrogens with one attached hydrogen (secondary N) is 2. The molecule has 0 aliphatic carbocycles. The lowest BCUT2D eigenvalue weighted by atomic mass is 10.2. The summed E-state index contributed by atoms with van der Waals surface area (Å²) in [6.07, 6.45) is 0. The van der Waals surface area contributed by atoms with Crippen molar-refractivity contribution in [3.05, 3.63) is 54.3 Å². The van der Waals surface area contributed by atoms with Gasteiger partial charge < -0.3 is 25.2 Å². The predicted octanol–water partition coefficient (Wildman–Crippen LogP) is 2.69. The molecule has 29 heavy (non-hydrogen) atoms. The molecule has 154 valence electrons. The van der Waals surface area contributed by atoms with E-state index in [2.05, 4.69) is 15.5 Å². The highest BCUT2D eigenvalue weighted by Gasteiger charge is 2.24. The van der Waals surface area contributed by atoms with Crippen molar-refractivity contribution in [2.24, 2.45) is 0 Å². The third-order valence-corrected chi connectivity index (χ3v) is 4.83. The largest absolute Gasteiger partial charge is 0.497 e. The van der Waals surface area contributed by atoms with E-state index >= 15 is 0 Å². The van der Waals surface area contributed by atoms with Gasteiger partial charge in [-0.05, 0) is 43.3 Å². The van der Waals surface area contributed by atoms with Crippen LogP contribution < -0.4 is 20.3 Å². The number of halogens is 1. The Bertz CT molecular complexity index is 851. The first kappa shape index (κ1) is 20.4. The number of carbonyl (C=O) groups is 2. The zero-order chi connectivity index (χ0) is 20.8. The minimum Gasteiger partial charge on any atom is -0.497 e. The van der Waals surface area contributed by atoms with Crippen LogP contribution in [0.4, 0.5) is 20.6 Å². The van der Waals surface area contributed by atoms with Crippen LogP contribution in [0.1, 0.15) is 6.92 Å². The molecule has 2 aromatic carbocycles. The van der Waals surface area contributed by atoms with Gasteiger partial charge in [0.2, 0.25) is 5.91 Å². The molecule has 1 aliphatic heterocycles. The van der Waals surface area contributed by atoms with Crippen LogP contribution in [0.5, 0.6) is 5.75 Å². The zero-order valence-corrected chi connectivity index (χ0v) is 16.5. The second-order valence-corrected chi connectivity index (χ2v) is 6.84. The van der Waals surface area contributed by atoms with Gasteiger partial charge in [-0.1, -0.05) is 6.07 Å². The van der Waals surface area contributed by atoms with Crippen LogP contribution >= 0.6 is 0 Å². The van der Waals surface area contributed by atoms with E-state index in [1.54, 1.807) is 55.3 Å². The first-order valence-electron chi connectivity index (χ1n) is 9.47. The molecule has 1 atom stereocenters. The molecule has 0 radical (unpaired) electrons. The summed E-state index contributed by atoms with van der Waals surface area (Å²) in [7, 11) is 1.56. The van der Waals surface area contributed by atoms with Crippen molar-refractivity contribution in [3.63, 3.8) is 0 Å². The smallest absolute Gasteiger partial charge is 0.318 e. The van der Waals surface area contributed by atoms with Gasteiger partial charge in [-0.25, -0.2) is 9.18 Å². The quantitative estimate of drug-likeness (QED) is 0.809. The van der Waals surface area contributed by atoms with Gasteiger partial charge in [-0.3, -0.25) is 4.79 Å². The Labute approximate surface area is 169 Å². The van der Waals surface area contributed by atoms with Crippen molar-refractivity contribution >= 4 is 23.3 Å². The molecule has 1 fully saturated rings. The van der Waals surface area contributed by atoms with E-state index in [1.807, 2.05) is 0 Å². The molecular formula is C21H25FN4O3. The number of benzene rings is 2. The Kier molecular flexibility index (Phi) is 6.54. The molecule has 3 rings (SSSR count). The lowest BCUT2D eigenvalue weighted by Gasteiger charge is -2.36. The number of anilines is 2. The average Bonchev–Trinajstić information content (AvgIpc) is 2.74. The zero-order valence-electron chi connectivity index (χ0n) is 16.5. The van der Waals surface area contributed by atoms with Gasteiger partial charge in [0, 0.05) is 43.6 Å². The van der Waals surface area contributed by atoms with Gasteiger partial charge in [-0.15, -0.1) is 0 Å².